The van der Waals surface area contributed by atoms with Crippen LogP contribution in [0.2, 0.25) is 0 Å². The van der Waals surface area contributed by atoms with E-state index in [1.54, 1.807) is 0 Å². The molecule has 0 fully saturated rings. The molecular weight excluding hydrogens is 184 g/mol. The lowest BCUT2D eigenvalue weighted by Gasteiger charge is -2.34. The maximum atomic E-state index is 3.52. The molecule has 1 aliphatic rings. The predicted octanol–water partition coefficient (Wildman–Crippen LogP) is 2.27. The summed E-state index contributed by atoms with van der Waals surface area (Å²) in [7, 11) is 0. The Morgan fingerprint density at radius 3 is 2.47 bits per heavy atom. The van der Waals surface area contributed by atoms with Gasteiger partial charge in [0.15, 0.2) is 0 Å². The summed E-state index contributed by atoms with van der Waals surface area (Å²) in [6.45, 7) is 12.6. The Morgan fingerprint density at radius 2 is 1.93 bits per heavy atom. The smallest absolute Gasteiger partial charge is 0.0166 e. The molecule has 0 spiro atoms. The molecule has 2 unspecified atom stereocenters. The molecule has 0 aliphatic carbocycles. The second-order valence-corrected chi connectivity index (χ2v) is 5.04. The van der Waals surface area contributed by atoms with Crippen LogP contribution >= 0.6 is 0 Å². The van der Waals surface area contributed by atoms with E-state index < -0.39 is 0 Å². The van der Waals surface area contributed by atoms with E-state index in [2.05, 4.69) is 50.1 Å². The fourth-order valence-corrected chi connectivity index (χ4v) is 1.98. The Bertz CT molecular complexity index is 199. The van der Waals surface area contributed by atoms with Gasteiger partial charge in [-0.05, 0) is 25.8 Å². The number of hydrogen-bond acceptors (Lipinski definition) is 2. The normalized spacial score (nSPS) is 21.9. The second-order valence-electron chi connectivity index (χ2n) is 5.04. The summed E-state index contributed by atoms with van der Waals surface area (Å²) in [6.07, 6.45) is 5.80. The highest BCUT2D eigenvalue weighted by Crippen LogP contribution is 2.13. The zero-order valence-electron chi connectivity index (χ0n) is 10.7. The Morgan fingerprint density at radius 1 is 1.20 bits per heavy atom. The minimum atomic E-state index is 0.598. The molecule has 1 N–H and O–H groups in total. The molecule has 2 atom stereocenters. The fraction of sp³-hybridized carbons (Fsp3) is 0.846. The van der Waals surface area contributed by atoms with Crippen molar-refractivity contribution < 1.29 is 0 Å². The number of rotatable bonds is 5. The van der Waals surface area contributed by atoms with E-state index in [0.717, 1.165) is 19.0 Å². The minimum absolute atomic E-state index is 0.598. The van der Waals surface area contributed by atoms with Crippen LogP contribution in [-0.4, -0.2) is 36.6 Å². The average Bonchev–Trinajstić information content (AvgIpc) is 2.26. The number of nitrogens with one attached hydrogen (secondary N) is 1. The van der Waals surface area contributed by atoms with Crippen molar-refractivity contribution in [3.05, 3.63) is 12.2 Å². The fourth-order valence-electron chi connectivity index (χ4n) is 1.98. The van der Waals surface area contributed by atoms with Crippen molar-refractivity contribution in [1.29, 1.82) is 0 Å². The standard InChI is InChI=1S/C13H26N2/c1-11(2)14-10-12(3)13(4)15-8-6-5-7-9-15/h5-6,11-14H,7-10H2,1-4H3. The van der Waals surface area contributed by atoms with Gasteiger partial charge in [0.1, 0.15) is 0 Å². The van der Waals surface area contributed by atoms with Gasteiger partial charge in [0, 0.05) is 25.2 Å². The van der Waals surface area contributed by atoms with E-state index in [0.29, 0.717) is 12.1 Å². The first-order valence-corrected chi connectivity index (χ1v) is 6.23. The Labute approximate surface area is 94.7 Å². The third-order valence-corrected chi connectivity index (χ3v) is 3.34. The zero-order chi connectivity index (χ0) is 11.3. The monoisotopic (exact) mass is 210 g/mol. The molecule has 1 heterocycles. The highest BCUT2D eigenvalue weighted by atomic mass is 15.2. The highest BCUT2D eigenvalue weighted by molar-refractivity contribution is 4.93. The molecule has 0 saturated heterocycles. The van der Waals surface area contributed by atoms with E-state index in [4.69, 9.17) is 0 Å². The van der Waals surface area contributed by atoms with E-state index in [1.165, 1.54) is 13.0 Å². The van der Waals surface area contributed by atoms with Crippen LogP contribution in [0, 0.1) is 5.92 Å². The molecule has 88 valence electrons. The second kappa shape index (κ2) is 6.29. The molecule has 1 aliphatic heterocycles. The van der Waals surface area contributed by atoms with Gasteiger partial charge in [-0.15, -0.1) is 0 Å². The van der Waals surface area contributed by atoms with Crippen molar-refractivity contribution in [2.45, 2.75) is 46.2 Å². The quantitative estimate of drug-likeness (QED) is 0.700. The lowest BCUT2D eigenvalue weighted by Crippen LogP contribution is -2.43. The zero-order valence-corrected chi connectivity index (χ0v) is 10.7. The van der Waals surface area contributed by atoms with Crippen molar-refractivity contribution in [1.82, 2.24) is 10.2 Å². The van der Waals surface area contributed by atoms with Crippen LogP contribution in [0.5, 0.6) is 0 Å². The molecule has 0 radical (unpaired) electrons. The summed E-state index contributed by atoms with van der Waals surface area (Å²) in [4.78, 5) is 2.58. The summed E-state index contributed by atoms with van der Waals surface area (Å²) in [5.41, 5.74) is 0. The van der Waals surface area contributed by atoms with Gasteiger partial charge in [0.05, 0.1) is 0 Å². The summed E-state index contributed by atoms with van der Waals surface area (Å²) < 4.78 is 0. The number of nitrogens with zero attached hydrogens (tertiary/aromatic N) is 1. The van der Waals surface area contributed by atoms with Crippen LogP contribution in [0.1, 0.15) is 34.1 Å². The summed E-state index contributed by atoms with van der Waals surface area (Å²) >= 11 is 0. The van der Waals surface area contributed by atoms with Crippen LogP contribution < -0.4 is 5.32 Å². The molecule has 0 aromatic carbocycles. The van der Waals surface area contributed by atoms with Crippen molar-refractivity contribution in [2.75, 3.05) is 19.6 Å². The van der Waals surface area contributed by atoms with E-state index in [9.17, 15) is 0 Å². The first kappa shape index (κ1) is 12.7. The predicted molar refractivity (Wildman–Crippen MR) is 67.1 cm³/mol. The van der Waals surface area contributed by atoms with Crippen LogP contribution in [0.4, 0.5) is 0 Å². The Balaban J connectivity index is 2.31. The molecule has 1 rings (SSSR count). The lowest BCUT2D eigenvalue weighted by atomic mass is 10.0. The van der Waals surface area contributed by atoms with Crippen molar-refractivity contribution in [3.8, 4) is 0 Å². The van der Waals surface area contributed by atoms with Crippen molar-refractivity contribution in [2.24, 2.45) is 5.92 Å². The van der Waals surface area contributed by atoms with Crippen molar-refractivity contribution in [3.63, 3.8) is 0 Å². The van der Waals surface area contributed by atoms with Gasteiger partial charge in [0.2, 0.25) is 0 Å². The summed E-state index contributed by atoms with van der Waals surface area (Å²) in [5, 5.41) is 3.52. The molecule has 0 amide bonds. The summed E-state index contributed by atoms with van der Waals surface area (Å²) in [5.74, 6) is 0.721. The van der Waals surface area contributed by atoms with Gasteiger partial charge < -0.3 is 5.32 Å². The van der Waals surface area contributed by atoms with Gasteiger partial charge in [0.25, 0.3) is 0 Å². The SMILES string of the molecule is CC(C)NCC(C)C(C)N1CC=CCC1. The van der Waals surface area contributed by atoms with Gasteiger partial charge in [-0.25, -0.2) is 0 Å². The van der Waals surface area contributed by atoms with Gasteiger partial charge in [-0.2, -0.15) is 0 Å². The molecule has 2 heteroatoms. The number of hydrogen-bond donors (Lipinski definition) is 1. The minimum Gasteiger partial charge on any atom is -0.314 e. The molecule has 0 aromatic rings. The molecule has 2 nitrogen and oxygen atoms in total. The maximum absolute atomic E-state index is 3.52. The molecule has 15 heavy (non-hydrogen) atoms. The molecular formula is C13H26N2. The molecule has 0 saturated carbocycles. The Kier molecular flexibility index (Phi) is 5.34. The van der Waals surface area contributed by atoms with Crippen LogP contribution in [0.3, 0.4) is 0 Å². The molecule has 0 aromatic heterocycles. The topological polar surface area (TPSA) is 15.3 Å². The summed E-state index contributed by atoms with van der Waals surface area (Å²) in [6, 6.07) is 1.28. The van der Waals surface area contributed by atoms with E-state index >= 15 is 0 Å². The largest absolute Gasteiger partial charge is 0.314 e. The Hall–Kier alpha value is -0.340. The van der Waals surface area contributed by atoms with Gasteiger partial charge >= 0.3 is 0 Å². The third-order valence-electron chi connectivity index (χ3n) is 3.34. The maximum Gasteiger partial charge on any atom is 0.0166 e. The van der Waals surface area contributed by atoms with Gasteiger partial charge in [-0.3, -0.25) is 4.90 Å². The van der Waals surface area contributed by atoms with E-state index in [1.807, 2.05) is 0 Å². The highest BCUT2D eigenvalue weighted by Gasteiger charge is 2.19. The average molecular weight is 210 g/mol. The first-order valence-electron chi connectivity index (χ1n) is 6.23. The molecule has 0 bridgehead atoms. The van der Waals surface area contributed by atoms with Gasteiger partial charge in [-0.1, -0.05) is 32.9 Å². The first-order chi connectivity index (χ1) is 7.11. The van der Waals surface area contributed by atoms with Crippen molar-refractivity contribution >= 4 is 0 Å². The van der Waals surface area contributed by atoms with Crippen LogP contribution in [0.15, 0.2) is 12.2 Å². The third kappa shape index (κ3) is 4.35. The van der Waals surface area contributed by atoms with Crippen LogP contribution in [0.25, 0.3) is 0 Å². The lowest BCUT2D eigenvalue weighted by molar-refractivity contribution is 0.172. The van der Waals surface area contributed by atoms with E-state index in [-0.39, 0.29) is 0 Å². The van der Waals surface area contributed by atoms with Crippen LogP contribution in [-0.2, 0) is 0 Å².